The summed E-state index contributed by atoms with van der Waals surface area (Å²) in [4.78, 5) is 25.8. The van der Waals surface area contributed by atoms with E-state index in [-0.39, 0.29) is 89.1 Å². The fourth-order valence-corrected chi connectivity index (χ4v) is 4.81. The lowest BCUT2D eigenvalue weighted by Crippen LogP contribution is -2.19. The largest absolute Gasteiger partial charge is 0.492 e. The van der Waals surface area contributed by atoms with Crippen LogP contribution < -0.4 is 0 Å². The van der Waals surface area contributed by atoms with Gasteiger partial charge in [-0.3, -0.25) is 0 Å². The molecule has 0 unspecified atom stereocenters. The lowest BCUT2D eigenvalue weighted by Gasteiger charge is -2.16. The Morgan fingerprint density at radius 3 is 1.26 bits per heavy atom. The molecule has 1 aliphatic rings. The Hall–Kier alpha value is -4.62. The van der Waals surface area contributed by atoms with Crippen LogP contribution in [0.2, 0.25) is 0 Å². The molecule has 2 aromatic rings. The zero-order valence-electron chi connectivity index (χ0n) is 31.8. The molecule has 1 heterocycles. The van der Waals surface area contributed by atoms with Gasteiger partial charge < -0.3 is 47.4 Å². The smallest absolute Gasteiger partial charge is 0.377 e. The first-order valence-corrected chi connectivity index (χ1v) is 18.4. The summed E-state index contributed by atoms with van der Waals surface area (Å²) in [7, 11) is 0. The van der Waals surface area contributed by atoms with Gasteiger partial charge in [-0.05, 0) is 61.8 Å². The van der Waals surface area contributed by atoms with Gasteiger partial charge in [0.25, 0.3) is 0 Å². The number of hydrogen-bond acceptors (Lipinski definition) is 12. The van der Waals surface area contributed by atoms with E-state index in [1.807, 2.05) is 48.5 Å². The maximum atomic E-state index is 12.9. The van der Waals surface area contributed by atoms with Crippen molar-refractivity contribution in [1.29, 1.82) is 0 Å². The zero-order valence-corrected chi connectivity index (χ0v) is 31.8. The highest BCUT2D eigenvalue weighted by molar-refractivity contribution is 5.87. The third kappa shape index (κ3) is 17.9. The molecule has 3 rings (SSSR count). The van der Waals surface area contributed by atoms with Gasteiger partial charge in [0.15, 0.2) is 0 Å². The summed E-state index contributed by atoms with van der Waals surface area (Å²) in [6.07, 6.45) is 6.31. The fourth-order valence-electron chi connectivity index (χ4n) is 4.81. The first-order valence-electron chi connectivity index (χ1n) is 18.4. The molecule has 2 aromatic carbocycles. The van der Waals surface area contributed by atoms with Crippen molar-refractivity contribution >= 4 is 24.1 Å². The van der Waals surface area contributed by atoms with Gasteiger partial charge in [-0.2, -0.15) is 0 Å². The van der Waals surface area contributed by atoms with Gasteiger partial charge in [-0.15, -0.1) is 0 Å². The number of ether oxygens (including phenoxy) is 10. The van der Waals surface area contributed by atoms with Crippen LogP contribution in [-0.4, -0.2) is 91.2 Å². The molecule has 12 nitrogen and oxygen atoms in total. The number of benzene rings is 2. The third-order valence-corrected chi connectivity index (χ3v) is 7.85. The molecule has 0 saturated heterocycles. The van der Waals surface area contributed by atoms with Gasteiger partial charge in [-0.1, -0.05) is 73.8 Å². The van der Waals surface area contributed by atoms with Crippen LogP contribution in [0.5, 0.6) is 0 Å². The van der Waals surface area contributed by atoms with Crippen molar-refractivity contribution in [3.8, 4) is 0 Å². The molecule has 0 amide bonds. The number of esters is 2. The van der Waals surface area contributed by atoms with Crippen molar-refractivity contribution in [1.82, 2.24) is 0 Å². The third-order valence-electron chi connectivity index (χ3n) is 7.85. The van der Waals surface area contributed by atoms with Crippen LogP contribution in [0.25, 0.3) is 12.2 Å². The Kier molecular flexibility index (Phi) is 21.9. The van der Waals surface area contributed by atoms with Crippen molar-refractivity contribution in [3.05, 3.63) is 107 Å². The van der Waals surface area contributed by atoms with Crippen molar-refractivity contribution in [2.24, 2.45) is 0 Å². The minimum atomic E-state index is -0.623. The molecule has 0 spiro atoms. The van der Waals surface area contributed by atoms with Crippen molar-refractivity contribution in [3.63, 3.8) is 0 Å². The number of unbranched alkanes of at least 4 members (excludes halogenated alkanes) is 2. The summed E-state index contributed by atoms with van der Waals surface area (Å²) in [5, 5.41) is 0. The van der Waals surface area contributed by atoms with E-state index in [0.29, 0.717) is 39.3 Å². The van der Waals surface area contributed by atoms with E-state index < -0.39 is 11.9 Å². The van der Waals surface area contributed by atoms with E-state index in [1.54, 1.807) is 26.0 Å². The topological polar surface area (TPSA) is 126 Å². The Bertz CT molecular complexity index is 1350. The summed E-state index contributed by atoms with van der Waals surface area (Å²) in [6.45, 7) is 14.5. The normalized spacial score (nSPS) is 17.7. The van der Waals surface area contributed by atoms with Gasteiger partial charge >= 0.3 is 11.9 Å². The first-order chi connectivity index (χ1) is 26.4. The SMILES string of the molecule is C=Cc1ccc(COCCCCOC(=O)/C2=C(\C)OCCOCCO/C(C(=O)OCCCCOCc3ccc(C=C)cc3)=C(/C)OCCOCCO2)cc1. The lowest BCUT2D eigenvalue weighted by atomic mass is 10.1. The van der Waals surface area contributed by atoms with E-state index in [2.05, 4.69) is 13.2 Å². The van der Waals surface area contributed by atoms with E-state index in [1.165, 1.54) is 0 Å². The Morgan fingerprint density at radius 1 is 0.537 bits per heavy atom. The number of hydrogen-bond donors (Lipinski definition) is 0. The molecule has 1 aliphatic heterocycles. The van der Waals surface area contributed by atoms with Crippen LogP contribution in [0.1, 0.15) is 61.8 Å². The second kappa shape index (κ2) is 27.0. The monoisotopic (exact) mass is 752 g/mol. The molecule has 0 saturated carbocycles. The molecule has 296 valence electrons. The lowest BCUT2D eigenvalue weighted by molar-refractivity contribution is -0.145. The molecule has 0 bridgehead atoms. The summed E-state index contributed by atoms with van der Waals surface area (Å²) in [6, 6.07) is 16.0. The van der Waals surface area contributed by atoms with Crippen molar-refractivity contribution in [2.45, 2.75) is 52.7 Å². The van der Waals surface area contributed by atoms with Crippen LogP contribution in [0.4, 0.5) is 0 Å². The average molecular weight is 753 g/mol. The molecule has 12 heteroatoms. The predicted octanol–water partition coefficient (Wildman–Crippen LogP) is 6.93. The highest BCUT2D eigenvalue weighted by atomic mass is 16.6. The maximum Gasteiger partial charge on any atom is 0.377 e. The van der Waals surface area contributed by atoms with Crippen LogP contribution in [0.15, 0.2) is 84.7 Å². The second-order valence-electron chi connectivity index (χ2n) is 12.1. The molecule has 0 fully saturated rings. The Labute approximate surface area is 319 Å². The van der Waals surface area contributed by atoms with Crippen LogP contribution in [0, 0.1) is 0 Å². The minimum absolute atomic E-state index is 0.0253. The fraction of sp³-hybridized carbons (Fsp3) is 0.476. The Morgan fingerprint density at radius 2 is 0.889 bits per heavy atom. The van der Waals surface area contributed by atoms with E-state index in [9.17, 15) is 9.59 Å². The predicted molar refractivity (Wildman–Crippen MR) is 204 cm³/mol. The summed E-state index contributed by atoms with van der Waals surface area (Å²) >= 11 is 0. The van der Waals surface area contributed by atoms with Crippen molar-refractivity contribution < 1.29 is 57.0 Å². The van der Waals surface area contributed by atoms with Gasteiger partial charge in [-0.25, -0.2) is 9.59 Å². The van der Waals surface area contributed by atoms with Crippen molar-refractivity contribution in [2.75, 3.05) is 79.3 Å². The van der Waals surface area contributed by atoms with Gasteiger partial charge in [0.1, 0.15) is 37.9 Å². The highest BCUT2D eigenvalue weighted by Crippen LogP contribution is 2.14. The number of allylic oxidation sites excluding steroid dienone is 2. The molecule has 0 radical (unpaired) electrons. The molecular weight excluding hydrogens is 696 g/mol. The molecule has 0 aromatic heterocycles. The van der Waals surface area contributed by atoms with Crippen LogP contribution in [-0.2, 0) is 70.2 Å². The molecule has 0 N–H and O–H groups in total. The average Bonchev–Trinajstić information content (AvgIpc) is 3.19. The van der Waals surface area contributed by atoms with Crippen LogP contribution in [0.3, 0.4) is 0 Å². The number of rotatable bonds is 18. The standard InChI is InChI=1S/C42H56O12/c1-5-35-11-15-37(16-12-35)31-47-19-7-9-21-53-41(43)39-33(3)49-27-23-46-26-30-52-40(34(4)50-28-24-45-25-29-51-39)42(44)54-22-10-8-20-48-32-38-17-13-36(6-2)14-18-38/h5-6,11-18H,1-2,7-10,19-32H2,3-4H3/b39-33-,40-34-. The van der Waals surface area contributed by atoms with E-state index in [0.717, 1.165) is 35.1 Å². The zero-order chi connectivity index (χ0) is 38.6. The maximum absolute atomic E-state index is 12.9. The number of carbonyl (C=O) groups excluding carboxylic acids is 2. The first kappa shape index (κ1) is 43.8. The second-order valence-corrected chi connectivity index (χ2v) is 12.1. The van der Waals surface area contributed by atoms with Gasteiger partial charge in [0.2, 0.25) is 11.5 Å². The van der Waals surface area contributed by atoms with Gasteiger partial charge in [0, 0.05) is 13.2 Å². The summed E-state index contributed by atoms with van der Waals surface area (Å²) in [5.41, 5.74) is 4.29. The molecule has 0 aliphatic carbocycles. The van der Waals surface area contributed by atoms with E-state index in [4.69, 9.17) is 47.4 Å². The van der Waals surface area contributed by atoms with Gasteiger partial charge in [0.05, 0.1) is 52.9 Å². The summed E-state index contributed by atoms with van der Waals surface area (Å²) < 4.78 is 56.5. The minimum Gasteiger partial charge on any atom is -0.492 e. The summed E-state index contributed by atoms with van der Waals surface area (Å²) in [5.74, 6) is -0.762. The van der Waals surface area contributed by atoms with E-state index >= 15 is 0 Å². The quantitative estimate of drug-likeness (QED) is 0.116. The molecule has 0 atom stereocenters. The van der Waals surface area contributed by atoms with Crippen LogP contribution >= 0.6 is 0 Å². The highest BCUT2D eigenvalue weighted by Gasteiger charge is 2.20. The molecule has 54 heavy (non-hydrogen) atoms. The molecular formula is C42H56O12. The Balaban J connectivity index is 1.35. The number of carbonyl (C=O) groups is 2.